The molecule has 1 aliphatic rings. The average Bonchev–Trinajstić information content (AvgIpc) is 2.43. The van der Waals surface area contributed by atoms with Crippen LogP contribution in [0.25, 0.3) is 0 Å². The zero-order valence-electron chi connectivity index (χ0n) is 7.66. The van der Waals surface area contributed by atoms with E-state index in [1.54, 1.807) is 18.1 Å². The van der Waals surface area contributed by atoms with E-state index in [9.17, 15) is 4.79 Å². The molecule has 4 nitrogen and oxygen atoms in total. The van der Waals surface area contributed by atoms with E-state index in [0.717, 1.165) is 11.4 Å². The van der Waals surface area contributed by atoms with Gasteiger partial charge in [-0.2, -0.15) is 0 Å². The lowest BCUT2D eigenvalue weighted by Crippen LogP contribution is -2.17. The molecule has 0 atom stereocenters. The first-order valence-corrected chi connectivity index (χ1v) is 4.14. The fourth-order valence-electron chi connectivity index (χ4n) is 1.44. The van der Waals surface area contributed by atoms with Gasteiger partial charge in [0, 0.05) is 14.1 Å². The van der Waals surface area contributed by atoms with Crippen molar-refractivity contribution >= 4 is 11.6 Å². The van der Waals surface area contributed by atoms with E-state index in [4.69, 9.17) is 0 Å². The molecule has 68 valence electrons. The highest BCUT2D eigenvalue weighted by Crippen LogP contribution is 2.21. The first-order chi connectivity index (χ1) is 6.22. The van der Waals surface area contributed by atoms with Crippen molar-refractivity contribution in [3.8, 4) is 0 Å². The molecule has 1 aliphatic heterocycles. The predicted molar refractivity (Wildman–Crippen MR) is 49.6 cm³/mol. The number of hydrogen-bond donors (Lipinski definition) is 1. The van der Waals surface area contributed by atoms with Crippen molar-refractivity contribution in [1.82, 2.24) is 9.88 Å². The number of pyridine rings is 1. The molecule has 2 rings (SSSR count). The van der Waals surface area contributed by atoms with E-state index in [0.29, 0.717) is 12.1 Å². The van der Waals surface area contributed by atoms with Crippen molar-refractivity contribution in [2.75, 3.05) is 19.4 Å². The summed E-state index contributed by atoms with van der Waals surface area (Å²) in [5.74, 6) is 0.0552. The highest BCUT2D eigenvalue weighted by atomic mass is 16.2. The SMILES string of the molecule is CNc1cnc2c(c1)C(=O)N(C)C2. The monoisotopic (exact) mass is 177 g/mol. The molecule has 0 unspecified atom stereocenters. The van der Waals surface area contributed by atoms with E-state index >= 15 is 0 Å². The lowest BCUT2D eigenvalue weighted by atomic mass is 10.2. The van der Waals surface area contributed by atoms with Crippen LogP contribution in [0.3, 0.4) is 0 Å². The molecule has 0 radical (unpaired) electrons. The van der Waals surface area contributed by atoms with Crippen molar-refractivity contribution < 1.29 is 4.79 Å². The van der Waals surface area contributed by atoms with Crippen LogP contribution in [-0.2, 0) is 6.54 Å². The van der Waals surface area contributed by atoms with Gasteiger partial charge in [0.05, 0.1) is 29.7 Å². The van der Waals surface area contributed by atoms with Gasteiger partial charge in [-0.15, -0.1) is 0 Å². The minimum atomic E-state index is 0.0552. The third kappa shape index (κ3) is 1.14. The maximum Gasteiger partial charge on any atom is 0.255 e. The second-order valence-electron chi connectivity index (χ2n) is 3.13. The van der Waals surface area contributed by atoms with Crippen LogP contribution in [0, 0.1) is 0 Å². The van der Waals surface area contributed by atoms with Crippen molar-refractivity contribution in [2.45, 2.75) is 6.54 Å². The van der Waals surface area contributed by atoms with Crippen LogP contribution in [0.5, 0.6) is 0 Å². The maximum atomic E-state index is 11.5. The van der Waals surface area contributed by atoms with E-state index in [1.165, 1.54) is 0 Å². The summed E-state index contributed by atoms with van der Waals surface area (Å²) in [6.45, 7) is 0.623. The second-order valence-corrected chi connectivity index (χ2v) is 3.13. The Morgan fingerprint density at radius 2 is 2.38 bits per heavy atom. The number of fused-ring (bicyclic) bond motifs is 1. The smallest absolute Gasteiger partial charge is 0.255 e. The fourth-order valence-corrected chi connectivity index (χ4v) is 1.44. The first-order valence-electron chi connectivity index (χ1n) is 4.14. The van der Waals surface area contributed by atoms with E-state index < -0.39 is 0 Å². The molecule has 0 fully saturated rings. The minimum absolute atomic E-state index is 0.0552. The summed E-state index contributed by atoms with van der Waals surface area (Å²) in [4.78, 5) is 17.4. The topological polar surface area (TPSA) is 45.2 Å². The van der Waals surface area contributed by atoms with Gasteiger partial charge in [-0.25, -0.2) is 0 Å². The fraction of sp³-hybridized carbons (Fsp3) is 0.333. The van der Waals surface area contributed by atoms with Gasteiger partial charge in [0.1, 0.15) is 0 Å². The normalized spacial score (nSPS) is 14.6. The Hall–Kier alpha value is -1.58. The molecule has 4 heteroatoms. The molecule has 2 heterocycles. The molecule has 0 aliphatic carbocycles. The molecular weight excluding hydrogens is 166 g/mol. The average molecular weight is 177 g/mol. The van der Waals surface area contributed by atoms with Gasteiger partial charge in [0.25, 0.3) is 5.91 Å². The van der Waals surface area contributed by atoms with Crippen LogP contribution >= 0.6 is 0 Å². The molecule has 0 bridgehead atoms. The summed E-state index contributed by atoms with van der Waals surface area (Å²) >= 11 is 0. The van der Waals surface area contributed by atoms with Crippen LogP contribution in [0.1, 0.15) is 16.1 Å². The zero-order chi connectivity index (χ0) is 9.42. The Kier molecular flexibility index (Phi) is 1.69. The van der Waals surface area contributed by atoms with Crippen LogP contribution in [0.15, 0.2) is 12.3 Å². The van der Waals surface area contributed by atoms with Crippen molar-refractivity contribution in [3.05, 3.63) is 23.5 Å². The number of anilines is 1. The van der Waals surface area contributed by atoms with Crippen LogP contribution < -0.4 is 5.32 Å². The molecule has 0 spiro atoms. The summed E-state index contributed by atoms with van der Waals surface area (Å²) in [6, 6.07) is 1.84. The molecule has 1 aromatic rings. The molecule has 0 aromatic carbocycles. The summed E-state index contributed by atoms with van der Waals surface area (Å²) in [5.41, 5.74) is 2.46. The Bertz CT molecular complexity index is 362. The highest BCUT2D eigenvalue weighted by molar-refractivity contribution is 5.98. The number of nitrogens with zero attached hydrogens (tertiary/aromatic N) is 2. The van der Waals surface area contributed by atoms with E-state index in [-0.39, 0.29) is 5.91 Å². The Morgan fingerprint density at radius 3 is 3.08 bits per heavy atom. The standard InChI is InChI=1S/C9H11N3O/c1-10-6-3-7-8(11-4-6)5-12(2)9(7)13/h3-4,10H,5H2,1-2H3. The third-order valence-electron chi connectivity index (χ3n) is 2.22. The van der Waals surface area contributed by atoms with E-state index in [1.807, 2.05) is 13.1 Å². The maximum absolute atomic E-state index is 11.5. The third-order valence-corrected chi connectivity index (χ3v) is 2.22. The van der Waals surface area contributed by atoms with Crippen molar-refractivity contribution in [1.29, 1.82) is 0 Å². The molecule has 1 aromatic heterocycles. The Labute approximate surface area is 76.6 Å². The van der Waals surface area contributed by atoms with Crippen molar-refractivity contribution in [2.24, 2.45) is 0 Å². The number of amides is 1. The molecule has 0 saturated heterocycles. The second kappa shape index (κ2) is 2.73. The summed E-state index contributed by atoms with van der Waals surface area (Å²) in [5, 5.41) is 2.96. The van der Waals surface area contributed by atoms with Crippen LogP contribution in [-0.4, -0.2) is 29.9 Å². The van der Waals surface area contributed by atoms with Gasteiger partial charge < -0.3 is 10.2 Å². The Morgan fingerprint density at radius 1 is 1.62 bits per heavy atom. The highest BCUT2D eigenvalue weighted by Gasteiger charge is 2.25. The summed E-state index contributed by atoms with van der Waals surface area (Å²) in [7, 11) is 3.59. The number of hydrogen-bond acceptors (Lipinski definition) is 3. The molecule has 0 saturated carbocycles. The quantitative estimate of drug-likeness (QED) is 0.687. The molecule has 1 N–H and O–H groups in total. The predicted octanol–water partition coefficient (Wildman–Crippen LogP) is 0.709. The molecule has 1 amide bonds. The summed E-state index contributed by atoms with van der Waals surface area (Å²) < 4.78 is 0. The van der Waals surface area contributed by atoms with Gasteiger partial charge in [-0.1, -0.05) is 0 Å². The van der Waals surface area contributed by atoms with Crippen LogP contribution in [0.2, 0.25) is 0 Å². The lowest BCUT2D eigenvalue weighted by Gasteiger charge is -2.04. The first kappa shape index (κ1) is 8.04. The molecule has 13 heavy (non-hydrogen) atoms. The summed E-state index contributed by atoms with van der Waals surface area (Å²) in [6.07, 6.45) is 1.74. The number of carbonyl (C=O) groups excluding carboxylic acids is 1. The van der Waals surface area contributed by atoms with Gasteiger partial charge in [0.2, 0.25) is 0 Å². The molecular formula is C9H11N3O. The number of rotatable bonds is 1. The zero-order valence-corrected chi connectivity index (χ0v) is 7.66. The van der Waals surface area contributed by atoms with Gasteiger partial charge in [0.15, 0.2) is 0 Å². The largest absolute Gasteiger partial charge is 0.387 e. The minimum Gasteiger partial charge on any atom is -0.387 e. The van der Waals surface area contributed by atoms with Gasteiger partial charge in [-0.3, -0.25) is 9.78 Å². The Balaban J connectivity index is 2.48. The number of nitrogens with one attached hydrogen (secondary N) is 1. The van der Waals surface area contributed by atoms with Crippen LogP contribution in [0.4, 0.5) is 5.69 Å². The van der Waals surface area contributed by atoms with E-state index in [2.05, 4.69) is 10.3 Å². The number of carbonyl (C=O) groups is 1. The van der Waals surface area contributed by atoms with Gasteiger partial charge in [-0.05, 0) is 6.07 Å². The number of aromatic nitrogens is 1. The van der Waals surface area contributed by atoms with Gasteiger partial charge >= 0.3 is 0 Å². The van der Waals surface area contributed by atoms with Crippen molar-refractivity contribution in [3.63, 3.8) is 0 Å². The lowest BCUT2D eigenvalue weighted by molar-refractivity contribution is 0.0816.